The van der Waals surface area contributed by atoms with Crippen LogP contribution in [0.1, 0.15) is 22.7 Å². The molecule has 29 heavy (non-hydrogen) atoms. The molecule has 142 valence electrons. The van der Waals surface area contributed by atoms with Crippen LogP contribution in [-0.2, 0) is 11.2 Å². The van der Waals surface area contributed by atoms with Crippen LogP contribution in [0.2, 0.25) is 0 Å². The van der Waals surface area contributed by atoms with Crippen LogP contribution < -0.4 is 10.1 Å². The average Bonchev–Trinajstić information content (AvgIpc) is 3.22. The standard InChI is InChI=1S/C24H19N3O2/c28-23(14-17-15-25-27(16-17)18-8-2-1-3-9-18)26-24-19-10-4-6-12-21(19)29-22-13-7-5-11-20(22)24/h1-13,15-16,24H,14H2,(H,26,28). The van der Waals surface area contributed by atoms with E-state index in [-0.39, 0.29) is 18.4 Å². The first-order chi connectivity index (χ1) is 14.3. The van der Waals surface area contributed by atoms with Crippen molar-refractivity contribution in [2.24, 2.45) is 0 Å². The molecule has 0 bridgehead atoms. The molecule has 1 aliphatic heterocycles. The molecule has 0 fully saturated rings. The number of benzene rings is 3. The molecule has 0 saturated heterocycles. The average molecular weight is 381 g/mol. The van der Waals surface area contributed by atoms with Crippen LogP contribution in [0, 0.1) is 0 Å². The van der Waals surface area contributed by atoms with Gasteiger partial charge in [0.25, 0.3) is 0 Å². The minimum Gasteiger partial charge on any atom is -0.457 e. The molecular weight excluding hydrogens is 362 g/mol. The highest BCUT2D eigenvalue weighted by atomic mass is 16.5. The van der Waals surface area contributed by atoms with Gasteiger partial charge in [0.2, 0.25) is 5.91 Å². The lowest BCUT2D eigenvalue weighted by Crippen LogP contribution is -2.32. The highest BCUT2D eigenvalue weighted by molar-refractivity contribution is 5.80. The maximum Gasteiger partial charge on any atom is 0.225 e. The van der Waals surface area contributed by atoms with Crippen molar-refractivity contribution in [3.63, 3.8) is 0 Å². The molecule has 1 amide bonds. The Hall–Kier alpha value is -3.86. The molecule has 0 aliphatic carbocycles. The molecule has 5 heteroatoms. The lowest BCUT2D eigenvalue weighted by atomic mass is 9.94. The van der Waals surface area contributed by atoms with E-state index in [1.165, 1.54) is 0 Å². The van der Waals surface area contributed by atoms with Gasteiger partial charge in [-0.25, -0.2) is 4.68 Å². The first-order valence-corrected chi connectivity index (χ1v) is 9.52. The van der Waals surface area contributed by atoms with Crippen molar-refractivity contribution in [1.29, 1.82) is 0 Å². The summed E-state index contributed by atoms with van der Waals surface area (Å²) >= 11 is 0. The molecule has 1 N–H and O–H groups in total. The number of para-hydroxylation sites is 3. The van der Waals surface area contributed by atoms with Crippen molar-refractivity contribution in [1.82, 2.24) is 15.1 Å². The quantitative estimate of drug-likeness (QED) is 0.569. The first kappa shape index (κ1) is 17.3. The van der Waals surface area contributed by atoms with Crippen molar-refractivity contribution in [3.05, 3.63) is 108 Å². The number of aromatic nitrogens is 2. The first-order valence-electron chi connectivity index (χ1n) is 9.52. The molecular formula is C24H19N3O2. The van der Waals surface area contributed by atoms with Crippen LogP contribution in [0.5, 0.6) is 11.5 Å². The topological polar surface area (TPSA) is 56.2 Å². The Labute approximate surface area is 168 Å². The van der Waals surface area contributed by atoms with Crippen molar-refractivity contribution in [2.75, 3.05) is 0 Å². The zero-order valence-electron chi connectivity index (χ0n) is 15.7. The van der Waals surface area contributed by atoms with Gasteiger partial charge in [0.1, 0.15) is 11.5 Å². The van der Waals surface area contributed by atoms with Crippen molar-refractivity contribution in [3.8, 4) is 17.2 Å². The second kappa shape index (κ2) is 7.28. The monoisotopic (exact) mass is 381 g/mol. The summed E-state index contributed by atoms with van der Waals surface area (Å²) < 4.78 is 7.77. The minimum absolute atomic E-state index is 0.0610. The second-order valence-corrected chi connectivity index (χ2v) is 6.98. The molecule has 0 atom stereocenters. The molecule has 5 nitrogen and oxygen atoms in total. The molecule has 5 rings (SSSR count). The smallest absolute Gasteiger partial charge is 0.225 e. The molecule has 2 heterocycles. The fourth-order valence-corrected chi connectivity index (χ4v) is 3.64. The lowest BCUT2D eigenvalue weighted by molar-refractivity contribution is -0.121. The van der Waals surface area contributed by atoms with E-state index in [0.29, 0.717) is 0 Å². The minimum atomic E-state index is -0.243. The fourth-order valence-electron chi connectivity index (χ4n) is 3.64. The molecule has 1 aromatic heterocycles. The van der Waals surface area contributed by atoms with Gasteiger partial charge in [-0.2, -0.15) is 5.10 Å². The zero-order valence-corrected chi connectivity index (χ0v) is 15.7. The van der Waals surface area contributed by atoms with Crippen LogP contribution >= 0.6 is 0 Å². The fraction of sp³-hybridized carbons (Fsp3) is 0.0833. The number of nitrogens with zero attached hydrogens (tertiary/aromatic N) is 2. The van der Waals surface area contributed by atoms with Crippen LogP contribution in [0.15, 0.2) is 91.3 Å². The second-order valence-electron chi connectivity index (χ2n) is 6.98. The van der Waals surface area contributed by atoms with Gasteiger partial charge in [-0.1, -0.05) is 54.6 Å². The van der Waals surface area contributed by atoms with E-state index in [2.05, 4.69) is 10.4 Å². The molecule has 3 aromatic carbocycles. The number of fused-ring (bicyclic) bond motifs is 2. The molecule has 0 radical (unpaired) electrons. The van der Waals surface area contributed by atoms with E-state index in [4.69, 9.17) is 4.74 Å². The Bertz CT molecular complexity index is 1120. The van der Waals surface area contributed by atoms with E-state index in [1.807, 2.05) is 85.1 Å². The number of nitrogens with one attached hydrogen (secondary N) is 1. The number of ether oxygens (including phenoxy) is 1. The van der Waals surface area contributed by atoms with E-state index in [1.54, 1.807) is 10.9 Å². The predicted molar refractivity (Wildman–Crippen MR) is 110 cm³/mol. The number of carbonyl (C=O) groups is 1. The number of rotatable bonds is 4. The number of hydrogen-bond acceptors (Lipinski definition) is 3. The van der Waals surface area contributed by atoms with Crippen molar-refractivity contribution in [2.45, 2.75) is 12.5 Å². The third kappa shape index (κ3) is 3.38. The van der Waals surface area contributed by atoms with Crippen LogP contribution in [-0.4, -0.2) is 15.7 Å². The highest BCUT2D eigenvalue weighted by Gasteiger charge is 2.28. The normalized spacial score (nSPS) is 12.6. The Morgan fingerprint density at radius 1 is 0.897 bits per heavy atom. The summed E-state index contributed by atoms with van der Waals surface area (Å²) in [6.45, 7) is 0. The summed E-state index contributed by atoms with van der Waals surface area (Å²) in [5.41, 5.74) is 3.74. The Kier molecular flexibility index (Phi) is 4.33. The number of hydrogen-bond donors (Lipinski definition) is 1. The van der Waals surface area contributed by atoms with Gasteiger partial charge < -0.3 is 10.1 Å². The summed E-state index contributed by atoms with van der Waals surface area (Å²) in [7, 11) is 0. The lowest BCUT2D eigenvalue weighted by Gasteiger charge is -2.28. The molecule has 0 spiro atoms. The van der Waals surface area contributed by atoms with E-state index in [0.717, 1.165) is 33.9 Å². The van der Waals surface area contributed by atoms with Gasteiger partial charge in [-0.3, -0.25) is 4.79 Å². The molecule has 4 aromatic rings. The molecule has 0 saturated carbocycles. The van der Waals surface area contributed by atoms with E-state index < -0.39 is 0 Å². The summed E-state index contributed by atoms with van der Waals surface area (Å²) in [4.78, 5) is 12.9. The van der Waals surface area contributed by atoms with Gasteiger partial charge in [-0.05, 0) is 29.8 Å². The Morgan fingerprint density at radius 2 is 1.52 bits per heavy atom. The summed E-state index contributed by atoms with van der Waals surface area (Å²) in [5, 5.41) is 7.55. The number of carbonyl (C=O) groups excluding carboxylic acids is 1. The van der Waals surface area contributed by atoms with Crippen LogP contribution in [0.4, 0.5) is 0 Å². The van der Waals surface area contributed by atoms with Crippen LogP contribution in [0.3, 0.4) is 0 Å². The Morgan fingerprint density at radius 3 is 2.21 bits per heavy atom. The summed E-state index contributed by atoms with van der Waals surface area (Å²) in [5.74, 6) is 1.48. The third-order valence-corrected chi connectivity index (χ3v) is 5.01. The van der Waals surface area contributed by atoms with Crippen LogP contribution in [0.25, 0.3) is 5.69 Å². The SMILES string of the molecule is O=C(Cc1cnn(-c2ccccc2)c1)NC1c2ccccc2Oc2ccccc21. The predicted octanol–water partition coefficient (Wildman–Crippen LogP) is 4.43. The van der Waals surface area contributed by atoms with Gasteiger partial charge >= 0.3 is 0 Å². The molecule has 1 aliphatic rings. The molecule has 0 unspecified atom stereocenters. The zero-order chi connectivity index (χ0) is 19.6. The van der Waals surface area contributed by atoms with E-state index >= 15 is 0 Å². The Balaban J connectivity index is 1.37. The van der Waals surface area contributed by atoms with Gasteiger partial charge in [-0.15, -0.1) is 0 Å². The van der Waals surface area contributed by atoms with Gasteiger partial charge in [0, 0.05) is 17.3 Å². The van der Waals surface area contributed by atoms with Crippen molar-refractivity contribution >= 4 is 5.91 Å². The highest BCUT2D eigenvalue weighted by Crippen LogP contribution is 2.42. The number of amides is 1. The third-order valence-electron chi connectivity index (χ3n) is 5.01. The maximum atomic E-state index is 12.9. The summed E-state index contributed by atoms with van der Waals surface area (Å²) in [6.07, 6.45) is 3.88. The van der Waals surface area contributed by atoms with Crippen molar-refractivity contribution < 1.29 is 9.53 Å². The largest absolute Gasteiger partial charge is 0.457 e. The van der Waals surface area contributed by atoms with Gasteiger partial charge in [0.05, 0.1) is 24.3 Å². The van der Waals surface area contributed by atoms with E-state index in [9.17, 15) is 4.79 Å². The summed E-state index contributed by atoms with van der Waals surface area (Å²) in [6, 6.07) is 25.2. The maximum absolute atomic E-state index is 12.9. The van der Waals surface area contributed by atoms with Gasteiger partial charge in [0.15, 0.2) is 0 Å².